The number of nitrogens with zero attached hydrogens (tertiary/aromatic N) is 2. The number of nitro groups is 1. The topological polar surface area (TPSA) is 85.5 Å². The van der Waals surface area contributed by atoms with E-state index in [4.69, 9.17) is 0 Å². The first-order chi connectivity index (χ1) is 16.2. The van der Waals surface area contributed by atoms with Crippen molar-refractivity contribution in [3.63, 3.8) is 0 Å². The van der Waals surface area contributed by atoms with Crippen LogP contribution in [0.2, 0.25) is 0 Å². The van der Waals surface area contributed by atoms with Gasteiger partial charge in [-0.1, -0.05) is 18.2 Å². The minimum atomic E-state index is -4.53. The zero-order valence-electron chi connectivity index (χ0n) is 17.4. The summed E-state index contributed by atoms with van der Waals surface area (Å²) < 4.78 is 99.4. The van der Waals surface area contributed by atoms with Crippen molar-refractivity contribution < 1.29 is 45.5 Å². The molecule has 0 fully saturated rings. The Kier molecular flexibility index (Phi) is 7.01. The lowest BCUT2D eigenvalue weighted by Gasteiger charge is -2.32. The van der Waals surface area contributed by atoms with Crippen molar-refractivity contribution in [1.82, 2.24) is 4.98 Å². The molecule has 0 saturated carbocycles. The second-order valence-electron chi connectivity index (χ2n) is 7.41. The number of alkyl halides is 5. The van der Waals surface area contributed by atoms with Crippen LogP contribution in [0.1, 0.15) is 11.3 Å². The minimum Gasteiger partial charge on any atom is -0.484 e. The molecule has 0 saturated heterocycles. The van der Waals surface area contributed by atoms with Gasteiger partial charge in [0.05, 0.1) is 0 Å². The number of benzene rings is 2. The van der Waals surface area contributed by atoms with E-state index in [9.17, 15) is 37.2 Å². The van der Waals surface area contributed by atoms with Crippen molar-refractivity contribution >= 4 is 0 Å². The molecule has 1 aromatic heterocycles. The Morgan fingerprint density at radius 3 is 2.09 bits per heavy atom. The highest BCUT2D eigenvalue weighted by molar-refractivity contribution is 5.63. The van der Waals surface area contributed by atoms with E-state index in [-0.39, 0.29) is 17.4 Å². The number of aromatic nitrogens is 1. The Hall–Kier alpha value is -3.74. The molecule has 0 bridgehead atoms. The SMILES string of the molecule is O=[N+]([O-])C[C@@](O)(c1ccc(F)cc1F)C(F)(F)c1ccc(-c2ccc(OCC(F)(F)F)cc2)cn1. The first-order valence-corrected chi connectivity index (χ1v) is 9.67. The molecule has 3 aromatic rings. The summed E-state index contributed by atoms with van der Waals surface area (Å²) in [5, 5.41) is 21.7. The Bertz CT molecular complexity index is 1200. The van der Waals surface area contributed by atoms with Crippen molar-refractivity contribution in [2.24, 2.45) is 0 Å². The van der Waals surface area contributed by atoms with Crippen molar-refractivity contribution in [1.29, 1.82) is 0 Å². The maximum absolute atomic E-state index is 15.3. The quantitative estimate of drug-likeness (QED) is 0.258. The summed E-state index contributed by atoms with van der Waals surface area (Å²) in [4.78, 5) is 13.3. The van der Waals surface area contributed by atoms with Crippen molar-refractivity contribution in [3.05, 3.63) is 93.8 Å². The van der Waals surface area contributed by atoms with Gasteiger partial charge >= 0.3 is 12.1 Å². The number of hydrogen-bond acceptors (Lipinski definition) is 5. The molecular weight excluding hydrogens is 489 g/mol. The van der Waals surface area contributed by atoms with E-state index < -0.39 is 58.7 Å². The predicted octanol–water partition coefficient (Wildman–Crippen LogP) is 5.22. The lowest BCUT2D eigenvalue weighted by atomic mass is 9.84. The van der Waals surface area contributed by atoms with Gasteiger partial charge in [0.2, 0.25) is 12.1 Å². The van der Waals surface area contributed by atoms with E-state index in [0.717, 1.165) is 18.3 Å². The van der Waals surface area contributed by atoms with Gasteiger partial charge in [-0.15, -0.1) is 0 Å². The van der Waals surface area contributed by atoms with E-state index in [1.807, 2.05) is 0 Å². The van der Waals surface area contributed by atoms with Gasteiger partial charge in [-0.3, -0.25) is 15.1 Å². The molecule has 186 valence electrons. The van der Waals surface area contributed by atoms with Crippen LogP contribution in [0.15, 0.2) is 60.8 Å². The monoisotopic (exact) mass is 504 g/mol. The molecule has 1 atom stereocenters. The zero-order valence-corrected chi connectivity index (χ0v) is 17.4. The van der Waals surface area contributed by atoms with Crippen LogP contribution in [0.25, 0.3) is 11.1 Å². The van der Waals surface area contributed by atoms with Crippen LogP contribution in [0, 0.1) is 21.7 Å². The molecule has 2 aromatic carbocycles. The van der Waals surface area contributed by atoms with Crippen LogP contribution in [-0.4, -0.2) is 34.3 Å². The normalized spacial score (nSPS) is 13.8. The summed E-state index contributed by atoms with van der Waals surface area (Å²) in [6, 6.07) is 8.25. The number of rotatable bonds is 8. The predicted molar refractivity (Wildman–Crippen MR) is 107 cm³/mol. The Balaban J connectivity index is 1.91. The number of ether oxygens (including phenoxy) is 1. The molecule has 1 heterocycles. The highest BCUT2D eigenvalue weighted by Gasteiger charge is 2.60. The van der Waals surface area contributed by atoms with Crippen LogP contribution in [0.5, 0.6) is 5.75 Å². The molecule has 0 spiro atoms. The van der Waals surface area contributed by atoms with Crippen LogP contribution >= 0.6 is 0 Å². The lowest BCUT2D eigenvalue weighted by molar-refractivity contribution is -0.514. The molecular formula is C22H15F7N2O4. The van der Waals surface area contributed by atoms with E-state index in [1.54, 1.807) is 0 Å². The molecule has 1 N–H and O–H groups in total. The lowest BCUT2D eigenvalue weighted by Crippen LogP contribution is -2.49. The fraction of sp³-hybridized carbons (Fsp3) is 0.227. The van der Waals surface area contributed by atoms with Gasteiger partial charge in [0.1, 0.15) is 23.1 Å². The van der Waals surface area contributed by atoms with Gasteiger partial charge in [0.25, 0.3) is 0 Å². The first kappa shape index (κ1) is 25.9. The number of halogens is 7. The number of pyridine rings is 1. The molecule has 0 aliphatic heterocycles. The van der Waals surface area contributed by atoms with E-state index in [2.05, 4.69) is 9.72 Å². The van der Waals surface area contributed by atoms with Crippen molar-refractivity contribution in [2.75, 3.05) is 13.2 Å². The molecule has 0 aliphatic rings. The smallest absolute Gasteiger partial charge is 0.422 e. The molecule has 35 heavy (non-hydrogen) atoms. The molecule has 6 nitrogen and oxygen atoms in total. The standard InChI is InChI=1S/C22H15F7N2O4/c23-15-4-7-17(18(24)9-15)20(32,11-31(33)34)22(28,29)19-8-3-14(10-30-19)13-1-5-16(6-2-13)35-12-21(25,26)27/h1-10,32H,11-12H2/t20-/m1/s1. The fourth-order valence-corrected chi connectivity index (χ4v) is 3.24. The Morgan fingerprint density at radius 1 is 0.943 bits per heavy atom. The van der Waals surface area contributed by atoms with Crippen LogP contribution in [-0.2, 0) is 11.5 Å². The Morgan fingerprint density at radius 2 is 1.57 bits per heavy atom. The van der Waals surface area contributed by atoms with Gasteiger partial charge in [0.15, 0.2) is 6.61 Å². The minimum absolute atomic E-state index is 0.0895. The number of aliphatic hydroxyl groups is 1. The molecule has 13 heteroatoms. The zero-order chi connectivity index (χ0) is 26.0. The van der Waals surface area contributed by atoms with Crippen LogP contribution in [0.3, 0.4) is 0 Å². The summed E-state index contributed by atoms with van der Waals surface area (Å²) in [7, 11) is 0. The van der Waals surface area contributed by atoms with Gasteiger partial charge in [0, 0.05) is 28.3 Å². The van der Waals surface area contributed by atoms with E-state index in [0.29, 0.717) is 17.7 Å². The van der Waals surface area contributed by atoms with E-state index in [1.165, 1.54) is 24.3 Å². The summed E-state index contributed by atoms with van der Waals surface area (Å²) in [5.41, 5.74) is -5.45. The third-order valence-electron chi connectivity index (χ3n) is 4.93. The molecule has 0 radical (unpaired) electrons. The van der Waals surface area contributed by atoms with Gasteiger partial charge in [-0.25, -0.2) is 8.78 Å². The van der Waals surface area contributed by atoms with Crippen LogP contribution in [0.4, 0.5) is 30.7 Å². The third kappa shape index (κ3) is 5.67. The molecule has 0 aliphatic carbocycles. The van der Waals surface area contributed by atoms with Crippen LogP contribution < -0.4 is 4.74 Å². The van der Waals surface area contributed by atoms with Gasteiger partial charge in [-0.05, 0) is 35.9 Å². The molecule has 0 amide bonds. The summed E-state index contributed by atoms with van der Waals surface area (Å²) >= 11 is 0. The summed E-state index contributed by atoms with van der Waals surface area (Å²) in [6.45, 7) is -3.31. The van der Waals surface area contributed by atoms with Gasteiger partial charge in [-0.2, -0.15) is 22.0 Å². The number of hydrogen-bond donors (Lipinski definition) is 1. The summed E-state index contributed by atoms with van der Waals surface area (Å²) in [5.74, 6) is -7.34. The highest BCUT2D eigenvalue weighted by Crippen LogP contribution is 2.46. The fourth-order valence-electron chi connectivity index (χ4n) is 3.24. The molecule has 3 rings (SSSR count). The maximum atomic E-state index is 15.3. The second-order valence-corrected chi connectivity index (χ2v) is 7.41. The van der Waals surface area contributed by atoms with Gasteiger partial charge < -0.3 is 9.84 Å². The first-order valence-electron chi connectivity index (χ1n) is 9.67. The van der Waals surface area contributed by atoms with Crippen molar-refractivity contribution in [3.8, 4) is 16.9 Å². The Labute approximate surface area is 192 Å². The van der Waals surface area contributed by atoms with Crippen molar-refractivity contribution in [2.45, 2.75) is 17.7 Å². The molecule has 0 unspecified atom stereocenters. The average Bonchev–Trinajstić information content (AvgIpc) is 2.77. The summed E-state index contributed by atoms with van der Waals surface area (Å²) in [6.07, 6.45) is -3.60. The third-order valence-corrected chi connectivity index (χ3v) is 4.93. The second kappa shape index (κ2) is 9.49. The largest absolute Gasteiger partial charge is 0.484 e. The highest BCUT2D eigenvalue weighted by atomic mass is 19.4. The van der Waals surface area contributed by atoms with E-state index >= 15 is 8.78 Å². The maximum Gasteiger partial charge on any atom is 0.422 e. The average molecular weight is 504 g/mol.